The summed E-state index contributed by atoms with van der Waals surface area (Å²) in [7, 11) is 0. The number of hydrogen-bond acceptors (Lipinski definition) is 4. The van der Waals surface area contributed by atoms with E-state index in [4.69, 9.17) is 0 Å². The highest BCUT2D eigenvalue weighted by Crippen LogP contribution is 2.23. The highest BCUT2D eigenvalue weighted by atomic mass is 16.1. The lowest BCUT2D eigenvalue weighted by Gasteiger charge is -2.22. The van der Waals surface area contributed by atoms with E-state index < -0.39 is 0 Å². The molecule has 28 heavy (non-hydrogen) atoms. The number of anilines is 2. The molecular formula is C23H26N4O. The van der Waals surface area contributed by atoms with E-state index in [1.54, 1.807) is 6.07 Å². The van der Waals surface area contributed by atoms with Crippen LogP contribution < -0.4 is 10.2 Å². The van der Waals surface area contributed by atoms with Gasteiger partial charge in [0.15, 0.2) is 0 Å². The van der Waals surface area contributed by atoms with Crippen LogP contribution in [-0.2, 0) is 6.42 Å². The molecule has 1 aromatic heterocycles. The van der Waals surface area contributed by atoms with E-state index >= 15 is 0 Å². The molecule has 0 spiro atoms. The molecule has 0 atom stereocenters. The smallest absolute Gasteiger partial charge is 0.270 e. The van der Waals surface area contributed by atoms with Crippen LogP contribution in [-0.4, -0.2) is 29.0 Å². The summed E-state index contributed by atoms with van der Waals surface area (Å²) in [6.45, 7) is 7.27. The first-order valence-corrected chi connectivity index (χ1v) is 9.59. The third kappa shape index (κ3) is 4.94. The largest absolute Gasteiger partial charge is 0.350 e. The van der Waals surface area contributed by atoms with Crippen molar-refractivity contribution in [3.8, 4) is 0 Å². The number of nitrogens with one attached hydrogen (secondary N) is 1. The molecule has 3 rings (SSSR count). The van der Waals surface area contributed by atoms with E-state index in [1.807, 2.05) is 49.1 Å². The molecule has 0 aliphatic carbocycles. The Kier molecular flexibility index (Phi) is 6.37. The number of carbonyl (C=O) groups excluding carboxylic acids is 1. The van der Waals surface area contributed by atoms with Gasteiger partial charge in [-0.1, -0.05) is 42.5 Å². The van der Waals surface area contributed by atoms with Crippen LogP contribution >= 0.6 is 0 Å². The van der Waals surface area contributed by atoms with E-state index in [2.05, 4.69) is 46.5 Å². The number of amides is 1. The van der Waals surface area contributed by atoms with E-state index in [9.17, 15) is 4.79 Å². The molecule has 0 aliphatic heterocycles. The van der Waals surface area contributed by atoms with Gasteiger partial charge in [-0.05, 0) is 56.5 Å². The van der Waals surface area contributed by atoms with Crippen molar-refractivity contribution < 1.29 is 4.79 Å². The molecule has 0 bridgehead atoms. The Bertz CT molecular complexity index is 940. The average molecular weight is 374 g/mol. The third-order valence-electron chi connectivity index (χ3n) is 4.49. The lowest BCUT2D eigenvalue weighted by atomic mass is 10.1. The summed E-state index contributed by atoms with van der Waals surface area (Å²) in [6, 6.07) is 20.0. The van der Waals surface area contributed by atoms with Crippen molar-refractivity contribution in [1.29, 1.82) is 0 Å². The van der Waals surface area contributed by atoms with E-state index in [1.165, 1.54) is 11.1 Å². The Morgan fingerprint density at radius 1 is 1.00 bits per heavy atom. The molecule has 144 valence electrons. The molecule has 5 nitrogen and oxygen atoms in total. The molecule has 1 heterocycles. The third-order valence-corrected chi connectivity index (χ3v) is 4.49. The van der Waals surface area contributed by atoms with E-state index in [-0.39, 0.29) is 5.91 Å². The highest BCUT2D eigenvalue weighted by molar-refractivity contribution is 5.92. The molecule has 1 amide bonds. The molecular weight excluding hydrogens is 348 g/mol. The topological polar surface area (TPSA) is 58.1 Å². The number of carbonyl (C=O) groups is 1. The second kappa shape index (κ2) is 9.13. The van der Waals surface area contributed by atoms with Crippen LogP contribution in [0.2, 0.25) is 0 Å². The van der Waals surface area contributed by atoms with Crippen LogP contribution in [0.5, 0.6) is 0 Å². The average Bonchev–Trinajstić information content (AvgIpc) is 2.69. The molecule has 0 saturated carbocycles. The maximum absolute atomic E-state index is 12.6. The van der Waals surface area contributed by atoms with Crippen molar-refractivity contribution in [2.75, 3.05) is 18.0 Å². The normalized spacial score (nSPS) is 10.5. The first kappa shape index (κ1) is 19.5. The molecule has 3 aromatic rings. The minimum Gasteiger partial charge on any atom is -0.350 e. The van der Waals surface area contributed by atoms with Crippen LogP contribution in [0.15, 0.2) is 60.7 Å². The highest BCUT2D eigenvalue weighted by Gasteiger charge is 2.15. The zero-order valence-corrected chi connectivity index (χ0v) is 16.6. The fraction of sp³-hybridized carbons (Fsp3) is 0.261. The summed E-state index contributed by atoms with van der Waals surface area (Å²) in [6.07, 6.45) is 0.786. The first-order chi connectivity index (χ1) is 13.6. The maximum Gasteiger partial charge on any atom is 0.270 e. The molecule has 2 aromatic carbocycles. The van der Waals surface area contributed by atoms with Gasteiger partial charge in [0.1, 0.15) is 5.69 Å². The quantitative estimate of drug-likeness (QED) is 0.673. The van der Waals surface area contributed by atoms with Gasteiger partial charge in [-0.25, -0.2) is 9.97 Å². The Labute approximate surface area is 166 Å². The van der Waals surface area contributed by atoms with E-state index in [0.717, 1.165) is 17.8 Å². The minimum absolute atomic E-state index is 0.178. The van der Waals surface area contributed by atoms with Crippen LogP contribution in [0.1, 0.15) is 34.2 Å². The number of benzene rings is 2. The van der Waals surface area contributed by atoms with Crippen molar-refractivity contribution in [2.24, 2.45) is 0 Å². The van der Waals surface area contributed by atoms with E-state index in [0.29, 0.717) is 24.7 Å². The summed E-state index contributed by atoms with van der Waals surface area (Å²) in [5.74, 6) is 0.365. The van der Waals surface area contributed by atoms with Gasteiger partial charge in [0.05, 0.1) is 0 Å². The summed E-state index contributed by atoms with van der Waals surface area (Å²) < 4.78 is 0. The van der Waals surface area contributed by atoms with Crippen molar-refractivity contribution in [1.82, 2.24) is 15.3 Å². The predicted molar refractivity (Wildman–Crippen MR) is 113 cm³/mol. The van der Waals surface area contributed by atoms with Crippen molar-refractivity contribution in [3.63, 3.8) is 0 Å². The fourth-order valence-electron chi connectivity index (χ4n) is 3.08. The van der Waals surface area contributed by atoms with Gasteiger partial charge in [-0.15, -0.1) is 0 Å². The van der Waals surface area contributed by atoms with Gasteiger partial charge in [0, 0.05) is 24.5 Å². The van der Waals surface area contributed by atoms with Gasteiger partial charge >= 0.3 is 0 Å². The van der Waals surface area contributed by atoms with Crippen molar-refractivity contribution in [2.45, 2.75) is 27.2 Å². The Morgan fingerprint density at radius 3 is 2.50 bits per heavy atom. The monoisotopic (exact) mass is 374 g/mol. The summed E-state index contributed by atoms with van der Waals surface area (Å²) >= 11 is 0. The standard InChI is InChI=1S/C23H26N4O/c1-4-27(20-12-8-9-17(2)15-20)23-25-18(3)16-21(26-23)22(28)24-14-13-19-10-6-5-7-11-19/h5-12,15-16H,4,13-14H2,1-3H3,(H,24,28). The first-order valence-electron chi connectivity index (χ1n) is 9.59. The molecule has 0 aliphatic rings. The van der Waals surface area contributed by atoms with Crippen molar-refractivity contribution in [3.05, 3.63) is 83.2 Å². The van der Waals surface area contributed by atoms with Crippen LogP contribution in [0.3, 0.4) is 0 Å². The number of aromatic nitrogens is 2. The lowest BCUT2D eigenvalue weighted by Crippen LogP contribution is -2.28. The Balaban J connectivity index is 1.75. The predicted octanol–water partition coefficient (Wildman–Crippen LogP) is 4.22. The minimum atomic E-state index is -0.178. The summed E-state index contributed by atoms with van der Waals surface area (Å²) in [4.78, 5) is 23.7. The number of aryl methyl sites for hydroxylation is 2. The van der Waals surface area contributed by atoms with Gasteiger partial charge in [0.25, 0.3) is 5.91 Å². The lowest BCUT2D eigenvalue weighted by molar-refractivity contribution is 0.0949. The molecule has 0 unspecified atom stereocenters. The van der Waals surface area contributed by atoms with Crippen molar-refractivity contribution >= 4 is 17.5 Å². The van der Waals surface area contributed by atoms with Crippen LogP contribution in [0.25, 0.3) is 0 Å². The summed E-state index contributed by atoms with van der Waals surface area (Å²) in [5.41, 5.74) is 4.54. The SMILES string of the molecule is CCN(c1cccc(C)c1)c1nc(C)cc(C(=O)NCCc2ccccc2)n1. The molecule has 0 radical (unpaired) electrons. The second-order valence-corrected chi connectivity index (χ2v) is 6.77. The zero-order chi connectivity index (χ0) is 19.9. The van der Waals surface area contributed by atoms with Crippen LogP contribution in [0, 0.1) is 13.8 Å². The number of hydrogen-bond donors (Lipinski definition) is 1. The second-order valence-electron chi connectivity index (χ2n) is 6.77. The Hall–Kier alpha value is -3.21. The fourth-order valence-corrected chi connectivity index (χ4v) is 3.08. The maximum atomic E-state index is 12.6. The van der Waals surface area contributed by atoms with Gasteiger partial charge in [-0.2, -0.15) is 0 Å². The number of nitrogens with zero attached hydrogens (tertiary/aromatic N) is 3. The Morgan fingerprint density at radius 2 is 1.79 bits per heavy atom. The molecule has 0 saturated heterocycles. The number of rotatable bonds is 7. The molecule has 0 fully saturated rings. The molecule has 1 N–H and O–H groups in total. The zero-order valence-electron chi connectivity index (χ0n) is 16.6. The summed E-state index contributed by atoms with van der Waals surface area (Å²) in [5, 5.41) is 2.96. The molecule has 5 heteroatoms. The van der Waals surface area contributed by atoms with Gasteiger partial charge in [-0.3, -0.25) is 4.79 Å². The van der Waals surface area contributed by atoms with Gasteiger partial charge in [0.2, 0.25) is 5.95 Å². The van der Waals surface area contributed by atoms with Gasteiger partial charge < -0.3 is 10.2 Å². The van der Waals surface area contributed by atoms with Crippen LogP contribution in [0.4, 0.5) is 11.6 Å².